The summed E-state index contributed by atoms with van der Waals surface area (Å²) in [7, 11) is 0. The monoisotopic (exact) mass is 225 g/mol. The Labute approximate surface area is 81.8 Å². The summed E-state index contributed by atoms with van der Waals surface area (Å²) < 4.78 is 52.2. The fourth-order valence-corrected chi connectivity index (χ4v) is 0.885. The van der Waals surface area contributed by atoms with Gasteiger partial charge in [0.1, 0.15) is 0 Å². The quantitative estimate of drug-likeness (QED) is 0.740. The molecule has 0 radical (unpaired) electrons. The topological polar surface area (TPSA) is 74.2 Å². The summed E-state index contributed by atoms with van der Waals surface area (Å²) in [6.07, 6.45) is -4.14. The van der Waals surface area contributed by atoms with Crippen molar-refractivity contribution in [3.05, 3.63) is 17.7 Å². The van der Waals surface area contributed by atoms with Gasteiger partial charge in [0.25, 0.3) is 0 Å². The normalized spacial score (nSPS) is 11.5. The van der Waals surface area contributed by atoms with Crippen LogP contribution in [0.3, 0.4) is 0 Å². The SMILES string of the molecule is NCc1ncc(N)c(F)c1OC(F)(F)F. The van der Waals surface area contributed by atoms with E-state index in [1.54, 1.807) is 0 Å². The minimum Gasteiger partial charge on any atom is -0.401 e. The number of halogens is 4. The Kier molecular flexibility index (Phi) is 2.98. The Morgan fingerprint density at radius 3 is 2.47 bits per heavy atom. The zero-order valence-corrected chi connectivity index (χ0v) is 7.31. The molecule has 0 unspecified atom stereocenters. The van der Waals surface area contributed by atoms with Crippen molar-refractivity contribution in [1.29, 1.82) is 0 Å². The molecule has 1 aromatic rings. The van der Waals surface area contributed by atoms with Gasteiger partial charge in [-0.1, -0.05) is 0 Å². The number of alkyl halides is 3. The molecule has 4 N–H and O–H groups in total. The Bertz CT molecular complexity index is 366. The van der Waals surface area contributed by atoms with Gasteiger partial charge in [0, 0.05) is 6.54 Å². The Balaban J connectivity index is 3.18. The number of pyridine rings is 1. The summed E-state index contributed by atoms with van der Waals surface area (Å²) in [5.41, 5.74) is 9.22. The number of hydrogen-bond donors (Lipinski definition) is 2. The number of nitrogen functional groups attached to an aromatic ring is 1. The number of nitrogens with two attached hydrogens (primary N) is 2. The Morgan fingerprint density at radius 2 is 2.00 bits per heavy atom. The lowest BCUT2D eigenvalue weighted by molar-refractivity contribution is -0.276. The van der Waals surface area contributed by atoms with Gasteiger partial charge < -0.3 is 16.2 Å². The summed E-state index contributed by atoms with van der Waals surface area (Å²) in [6, 6.07) is 0. The van der Waals surface area contributed by atoms with Crippen molar-refractivity contribution < 1.29 is 22.3 Å². The molecule has 1 heterocycles. The Hall–Kier alpha value is -1.57. The van der Waals surface area contributed by atoms with Crippen LogP contribution in [0.2, 0.25) is 0 Å². The molecular formula is C7H7F4N3O. The van der Waals surface area contributed by atoms with Crippen molar-refractivity contribution in [2.24, 2.45) is 5.73 Å². The van der Waals surface area contributed by atoms with Crippen LogP contribution in [-0.2, 0) is 6.54 Å². The van der Waals surface area contributed by atoms with E-state index in [0.717, 1.165) is 6.20 Å². The first kappa shape index (κ1) is 11.5. The van der Waals surface area contributed by atoms with E-state index in [4.69, 9.17) is 11.5 Å². The smallest absolute Gasteiger partial charge is 0.401 e. The van der Waals surface area contributed by atoms with Crippen molar-refractivity contribution in [1.82, 2.24) is 4.98 Å². The lowest BCUT2D eigenvalue weighted by Gasteiger charge is -2.13. The van der Waals surface area contributed by atoms with Gasteiger partial charge >= 0.3 is 6.36 Å². The molecule has 1 aromatic heterocycles. The van der Waals surface area contributed by atoms with Crippen molar-refractivity contribution in [2.45, 2.75) is 12.9 Å². The van der Waals surface area contributed by atoms with Crippen LogP contribution < -0.4 is 16.2 Å². The van der Waals surface area contributed by atoms with Gasteiger partial charge in [-0.25, -0.2) is 4.39 Å². The number of hydrogen-bond acceptors (Lipinski definition) is 4. The molecule has 15 heavy (non-hydrogen) atoms. The highest BCUT2D eigenvalue weighted by Gasteiger charge is 2.34. The molecule has 4 nitrogen and oxygen atoms in total. The molecule has 0 saturated carbocycles. The summed E-state index contributed by atoms with van der Waals surface area (Å²) in [6.45, 7) is -0.386. The molecule has 0 fully saturated rings. The molecule has 84 valence electrons. The van der Waals surface area contributed by atoms with Crippen LogP contribution in [0.5, 0.6) is 5.75 Å². The van der Waals surface area contributed by atoms with Crippen LogP contribution in [0.15, 0.2) is 6.20 Å². The van der Waals surface area contributed by atoms with E-state index in [1.165, 1.54) is 0 Å². The van der Waals surface area contributed by atoms with E-state index >= 15 is 0 Å². The largest absolute Gasteiger partial charge is 0.573 e. The molecule has 0 atom stereocenters. The van der Waals surface area contributed by atoms with Crippen LogP contribution in [0.1, 0.15) is 5.69 Å². The second kappa shape index (κ2) is 3.89. The first-order valence-electron chi connectivity index (χ1n) is 3.74. The highest BCUT2D eigenvalue weighted by atomic mass is 19.4. The number of rotatable bonds is 2. The highest BCUT2D eigenvalue weighted by Crippen LogP contribution is 2.30. The third kappa shape index (κ3) is 2.69. The van der Waals surface area contributed by atoms with Gasteiger partial charge in [-0.05, 0) is 0 Å². The summed E-state index contributed by atoms with van der Waals surface area (Å²) >= 11 is 0. The van der Waals surface area contributed by atoms with Crippen molar-refractivity contribution in [2.75, 3.05) is 5.73 Å². The number of ether oxygens (including phenoxy) is 1. The molecule has 0 spiro atoms. The van der Waals surface area contributed by atoms with Gasteiger partial charge in [0.2, 0.25) is 0 Å². The predicted octanol–water partition coefficient (Wildman–Crippen LogP) is 1.16. The predicted molar refractivity (Wildman–Crippen MR) is 43.2 cm³/mol. The van der Waals surface area contributed by atoms with E-state index in [0.29, 0.717) is 0 Å². The number of anilines is 1. The minimum atomic E-state index is -5.01. The molecule has 0 aromatic carbocycles. The lowest BCUT2D eigenvalue weighted by Crippen LogP contribution is -2.20. The average molecular weight is 225 g/mol. The van der Waals surface area contributed by atoms with Gasteiger partial charge in [-0.2, -0.15) is 0 Å². The van der Waals surface area contributed by atoms with E-state index in [2.05, 4.69) is 9.72 Å². The maximum atomic E-state index is 13.1. The second-order valence-corrected chi connectivity index (χ2v) is 2.56. The molecule has 0 aliphatic heterocycles. The van der Waals surface area contributed by atoms with Crippen LogP contribution >= 0.6 is 0 Å². The van der Waals surface area contributed by atoms with Crippen molar-refractivity contribution >= 4 is 5.69 Å². The standard InChI is InChI=1S/C7H7F4N3O/c8-5-3(13)2-14-4(1-12)6(5)15-7(9,10)11/h2H,1,12-13H2. The third-order valence-electron chi connectivity index (χ3n) is 1.49. The third-order valence-corrected chi connectivity index (χ3v) is 1.49. The first-order valence-corrected chi connectivity index (χ1v) is 3.74. The Morgan fingerprint density at radius 1 is 1.40 bits per heavy atom. The fraction of sp³-hybridized carbons (Fsp3) is 0.286. The maximum Gasteiger partial charge on any atom is 0.573 e. The van der Waals surface area contributed by atoms with Gasteiger partial charge in [0.05, 0.1) is 17.6 Å². The summed E-state index contributed by atoms with van der Waals surface area (Å²) in [4.78, 5) is 3.43. The molecule has 0 aliphatic rings. The van der Waals surface area contributed by atoms with E-state index in [9.17, 15) is 17.6 Å². The molecular weight excluding hydrogens is 218 g/mol. The second-order valence-electron chi connectivity index (χ2n) is 2.56. The van der Waals surface area contributed by atoms with E-state index in [1.807, 2.05) is 0 Å². The summed E-state index contributed by atoms with van der Waals surface area (Å²) in [5, 5.41) is 0. The van der Waals surface area contributed by atoms with E-state index < -0.39 is 23.6 Å². The first-order chi connectivity index (χ1) is 6.85. The van der Waals surface area contributed by atoms with Gasteiger partial charge in [0.15, 0.2) is 11.6 Å². The van der Waals surface area contributed by atoms with Crippen LogP contribution in [0.4, 0.5) is 23.2 Å². The number of nitrogens with zero attached hydrogens (tertiary/aromatic N) is 1. The van der Waals surface area contributed by atoms with Crippen molar-refractivity contribution in [3.63, 3.8) is 0 Å². The molecule has 8 heteroatoms. The van der Waals surface area contributed by atoms with Gasteiger partial charge in [-0.3, -0.25) is 4.98 Å². The molecule has 0 aliphatic carbocycles. The van der Waals surface area contributed by atoms with E-state index in [-0.39, 0.29) is 12.2 Å². The molecule has 1 rings (SSSR count). The lowest BCUT2D eigenvalue weighted by atomic mass is 10.3. The average Bonchev–Trinajstić information content (AvgIpc) is 2.11. The minimum absolute atomic E-state index is 0.348. The fourth-order valence-electron chi connectivity index (χ4n) is 0.885. The maximum absolute atomic E-state index is 13.1. The van der Waals surface area contributed by atoms with Gasteiger partial charge in [-0.15, -0.1) is 13.2 Å². The number of aromatic nitrogens is 1. The summed E-state index contributed by atoms with van der Waals surface area (Å²) in [5.74, 6) is -2.40. The zero-order chi connectivity index (χ0) is 11.6. The van der Waals surface area contributed by atoms with Crippen LogP contribution in [0, 0.1) is 5.82 Å². The molecule has 0 amide bonds. The van der Waals surface area contributed by atoms with Crippen molar-refractivity contribution in [3.8, 4) is 5.75 Å². The van der Waals surface area contributed by atoms with Crippen LogP contribution in [-0.4, -0.2) is 11.3 Å². The highest BCUT2D eigenvalue weighted by molar-refractivity contribution is 5.46. The zero-order valence-electron chi connectivity index (χ0n) is 7.31. The van der Waals surface area contributed by atoms with Crippen LogP contribution in [0.25, 0.3) is 0 Å². The molecule has 0 bridgehead atoms. The molecule has 0 saturated heterocycles.